The van der Waals surface area contributed by atoms with Gasteiger partial charge >= 0.3 is 6.03 Å². The number of aromatic nitrogens is 4. The molecule has 3 heterocycles. The SMILES string of the molecule is CC(C)[Si](O[C@@H]1[C@H](O[Si](C(C)C)(C(C)C)C(C)C)[C@@H](CN=[N+]=[N-])O[C@H]1n1cnc2c(NC(=O)Nc3ccccc3)ncnc21)(C(C)C)C(C)C. The molecule has 0 saturated carbocycles. The van der Waals surface area contributed by atoms with Crippen LogP contribution in [0.15, 0.2) is 48.1 Å². The third-order valence-corrected chi connectivity index (χ3v) is 22.8. The molecule has 0 unspecified atom stereocenters. The lowest BCUT2D eigenvalue weighted by Crippen LogP contribution is -2.58. The summed E-state index contributed by atoms with van der Waals surface area (Å²) in [5.74, 6) is 0.261. The van der Waals surface area contributed by atoms with Gasteiger partial charge in [-0.1, -0.05) is 106 Å². The number of benzene rings is 1. The Balaban J connectivity index is 1.87. The van der Waals surface area contributed by atoms with Crippen LogP contribution in [0.3, 0.4) is 0 Å². The van der Waals surface area contributed by atoms with Gasteiger partial charge in [0.2, 0.25) is 16.6 Å². The average molecular weight is 724 g/mol. The second-order valence-corrected chi connectivity index (χ2v) is 26.1. The maximum absolute atomic E-state index is 13.0. The molecule has 50 heavy (non-hydrogen) atoms. The van der Waals surface area contributed by atoms with Crippen molar-refractivity contribution in [2.75, 3.05) is 17.2 Å². The van der Waals surface area contributed by atoms with E-state index in [1.54, 1.807) is 18.5 Å². The van der Waals surface area contributed by atoms with Crippen LogP contribution in [0, 0.1) is 0 Å². The summed E-state index contributed by atoms with van der Waals surface area (Å²) >= 11 is 0. The van der Waals surface area contributed by atoms with E-state index < -0.39 is 47.2 Å². The van der Waals surface area contributed by atoms with Crippen LogP contribution in [0.5, 0.6) is 0 Å². The molecule has 13 nitrogen and oxygen atoms in total. The van der Waals surface area contributed by atoms with Crippen molar-refractivity contribution in [3.05, 3.63) is 53.4 Å². The van der Waals surface area contributed by atoms with Gasteiger partial charge in [-0.2, -0.15) is 0 Å². The number of anilines is 2. The van der Waals surface area contributed by atoms with Crippen LogP contribution < -0.4 is 10.6 Å². The van der Waals surface area contributed by atoms with E-state index >= 15 is 0 Å². The van der Waals surface area contributed by atoms with Gasteiger partial charge in [0, 0.05) is 10.6 Å². The molecule has 1 aromatic carbocycles. The number of carbonyl (C=O) groups is 1. The van der Waals surface area contributed by atoms with Crippen molar-refractivity contribution in [2.45, 2.75) is 141 Å². The lowest BCUT2D eigenvalue weighted by molar-refractivity contribution is -0.0294. The molecule has 2 N–H and O–H groups in total. The molecule has 3 aromatic rings. The molecule has 2 amide bonds. The number of rotatable bonds is 15. The van der Waals surface area contributed by atoms with Crippen LogP contribution in [0.25, 0.3) is 21.6 Å². The van der Waals surface area contributed by atoms with Crippen molar-refractivity contribution < 1.29 is 18.4 Å². The van der Waals surface area contributed by atoms with Crippen LogP contribution >= 0.6 is 0 Å². The zero-order chi connectivity index (χ0) is 37.0. The molecule has 0 spiro atoms. The molecule has 15 heteroatoms. The Hall–Kier alpha value is -3.34. The maximum Gasteiger partial charge on any atom is 0.324 e. The first kappa shape index (κ1) is 39.4. The third kappa shape index (κ3) is 7.63. The summed E-state index contributed by atoms with van der Waals surface area (Å²) in [6, 6.07) is 8.72. The molecule has 4 rings (SSSR count). The number of amides is 2. The van der Waals surface area contributed by atoms with Gasteiger partial charge in [0.25, 0.3) is 0 Å². The minimum absolute atomic E-state index is 0.0873. The van der Waals surface area contributed by atoms with E-state index in [4.69, 9.17) is 13.6 Å². The lowest BCUT2D eigenvalue weighted by Gasteiger charge is -2.48. The van der Waals surface area contributed by atoms with E-state index in [2.05, 4.69) is 119 Å². The minimum atomic E-state index is -2.52. The fraction of sp³-hybridized carbons (Fsp3) is 0.657. The molecule has 274 valence electrons. The van der Waals surface area contributed by atoms with E-state index in [0.717, 1.165) is 0 Å². The molecule has 1 saturated heterocycles. The highest BCUT2D eigenvalue weighted by Crippen LogP contribution is 2.50. The van der Waals surface area contributed by atoms with E-state index in [0.29, 0.717) is 50.1 Å². The molecule has 0 aliphatic carbocycles. The highest BCUT2D eigenvalue weighted by Gasteiger charge is 2.58. The first-order chi connectivity index (χ1) is 23.6. The molecular weight excluding hydrogens is 667 g/mol. The summed E-state index contributed by atoms with van der Waals surface area (Å²) in [4.78, 5) is 29.7. The number of hydrogen-bond donors (Lipinski definition) is 2. The Kier molecular flexibility index (Phi) is 12.9. The van der Waals surface area contributed by atoms with Crippen LogP contribution in [0.1, 0.15) is 89.3 Å². The Morgan fingerprint density at radius 1 is 0.840 bits per heavy atom. The van der Waals surface area contributed by atoms with Crippen molar-refractivity contribution in [3.8, 4) is 0 Å². The molecule has 0 radical (unpaired) electrons. The van der Waals surface area contributed by atoms with Crippen molar-refractivity contribution in [2.24, 2.45) is 5.11 Å². The normalized spacial score (nSPS) is 20.1. The molecule has 4 atom stereocenters. The number of hydrogen-bond acceptors (Lipinski definition) is 8. The van der Waals surface area contributed by atoms with E-state index in [9.17, 15) is 10.3 Å². The number of fused-ring (bicyclic) bond motifs is 1. The first-order valence-electron chi connectivity index (χ1n) is 17.9. The Morgan fingerprint density at radius 2 is 1.38 bits per heavy atom. The standard InChI is InChI=1S/C35H57N9O4Si2/c1-21(2)49(22(3)4,23(5)6)47-30-28(18-40-43-36)46-34(31(30)48-50(24(7)8,25(9)10)26(11)12)44-20-39-29-32(37-19-38-33(29)44)42-35(45)41-27-16-14-13-15-17-27/h13-17,19-26,28,30-31,34H,18H2,1-12H3,(H2,37,38,41,42,45)/t28-,30-,31-,34-/m1/s1. The number of nitrogens with one attached hydrogen (secondary N) is 2. The predicted octanol–water partition coefficient (Wildman–Crippen LogP) is 9.80. The van der Waals surface area contributed by atoms with E-state index in [-0.39, 0.29) is 12.4 Å². The summed E-state index contributed by atoms with van der Waals surface area (Å²) in [6.45, 7) is 27.2. The van der Waals surface area contributed by atoms with Gasteiger partial charge in [-0.05, 0) is 50.9 Å². The molecule has 1 aliphatic heterocycles. The number of ether oxygens (including phenoxy) is 1. The number of azide groups is 1. The summed E-state index contributed by atoms with van der Waals surface area (Å²) < 4.78 is 24.0. The summed E-state index contributed by atoms with van der Waals surface area (Å²) in [6.07, 6.45) is 0.719. The Labute approximate surface area is 299 Å². The Bertz CT molecular complexity index is 1580. The predicted molar refractivity (Wildman–Crippen MR) is 204 cm³/mol. The number of carbonyl (C=O) groups excluding carboxylic acids is 1. The van der Waals surface area contributed by atoms with Gasteiger partial charge in [-0.25, -0.2) is 19.7 Å². The van der Waals surface area contributed by atoms with Crippen molar-refractivity contribution >= 4 is 45.3 Å². The fourth-order valence-electron chi connectivity index (χ4n) is 8.67. The minimum Gasteiger partial charge on any atom is -0.408 e. The van der Waals surface area contributed by atoms with Gasteiger partial charge in [-0.3, -0.25) is 9.88 Å². The van der Waals surface area contributed by atoms with Crippen molar-refractivity contribution in [1.29, 1.82) is 0 Å². The smallest absolute Gasteiger partial charge is 0.324 e. The topological polar surface area (TPSA) is 161 Å². The highest BCUT2D eigenvalue weighted by molar-refractivity contribution is 6.78. The van der Waals surface area contributed by atoms with Crippen LogP contribution in [-0.4, -0.2) is 67.0 Å². The van der Waals surface area contributed by atoms with Gasteiger partial charge in [-0.15, -0.1) is 0 Å². The van der Waals surface area contributed by atoms with Crippen molar-refractivity contribution in [1.82, 2.24) is 19.5 Å². The van der Waals surface area contributed by atoms with Crippen LogP contribution in [-0.2, 0) is 13.6 Å². The Morgan fingerprint density at radius 3 is 1.90 bits per heavy atom. The second-order valence-electron chi connectivity index (χ2n) is 15.3. The maximum atomic E-state index is 13.0. The number of urea groups is 1. The molecular formula is C35H57N9O4Si2. The molecule has 2 aromatic heterocycles. The largest absolute Gasteiger partial charge is 0.408 e. The monoisotopic (exact) mass is 723 g/mol. The van der Waals surface area contributed by atoms with Gasteiger partial charge < -0.3 is 18.9 Å². The number of imidazole rings is 1. The van der Waals surface area contributed by atoms with E-state index in [1.807, 2.05) is 22.8 Å². The van der Waals surface area contributed by atoms with Crippen molar-refractivity contribution in [3.63, 3.8) is 0 Å². The first-order valence-corrected chi connectivity index (χ1v) is 22.2. The van der Waals surface area contributed by atoms with Gasteiger partial charge in [0.05, 0.1) is 19.0 Å². The van der Waals surface area contributed by atoms with Crippen LogP contribution in [0.2, 0.25) is 33.2 Å². The zero-order valence-electron chi connectivity index (χ0n) is 31.8. The fourth-order valence-corrected chi connectivity index (χ4v) is 19.8. The average Bonchev–Trinajstić information content (AvgIpc) is 3.61. The second kappa shape index (κ2) is 16.3. The van der Waals surface area contributed by atoms with Gasteiger partial charge in [0.15, 0.2) is 23.2 Å². The highest BCUT2D eigenvalue weighted by atomic mass is 28.4. The third-order valence-electron chi connectivity index (χ3n) is 10.6. The summed E-state index contributed by atoms with van der Waals surface area (Å²) in [5, 5.41) is 9.66. The molecule has 1 aliphatic rings. The van der Waals surface area contributed by atoms with E-state index in [1.165, 1.54) is 6.33 Å². The quantitative estimate of drug-likeness (QED) is 0.0683. The zero-order valence-corrected chi connectivity index (χ0v) is 33.8. The lowest BCUT2D eigenvalue weighted by atomic mass is 10.1. The number of para-hydroxylation sites is 1. The number of nitrogens with zero attached hydrogens (tertiary/aromatic N) is 7. The molecule has 0 bridgehead atoms. The molecule has 1 fully saturated rings. The van der Waals surface area contributed by atoms with Crippen LogP contribution in [0.4, 0.5) is 16.3 Å². The summed E-state index contributed by atoms with van der Waals surface area (Å²) in [7, 11) is -5.01. The van der Waals surface area contributed by atoms with Gasteiger partial charge in [0.1, 0.15) is 18.5 Å². The summed E-state index contributed by atoms with van der Waals surface area (Å²) in [5.41, 5.74) is 12.8.